The van der Waals surface area contributed by atoms with Gasteiger partial charge in [-0.2, -0.15) is 4.57 Å². The SMILES string of the molecule is Cc1cnc(C[n+]2csc(CCO)c2C)c(N)n1.[Cl-]. The number of anilines is 1. The highest BCUT2D eigenvalue weighted by Crippen LogP contribution is 2.13. The second-order valence-electron chi connectivity index (χ2n) is 4.18. The van der Waals surface area contributed by atoms with Gasteiger partial charge in [-0.1, -0.05) is 11.3 Å². The molecule has 3 N–H and O–H groups in total. The Hall–Kier alpha value is -1.24. The van der Waals surface area contributed by atoms with E-state index < -0.39 is 0 Å². The van der Waals surface area contributed by atoms with Crippen molar-refractivity contribution in [2.75, 3.05) is 12.3 Å². The molecule has 0 radical (unpaired) electrons. The molecular formula is C12H17ClN4OS. The van der Waals surface area contributed by atoms with Crippen molar-refractivity contribution < 1.29 is 22.1 Å². The van der Waals surface area contributed by atoms with Crippen molar-refractivity contribution in [2.45, 2.75) is 26.8 Å². The van der Waals surface area contributed by atoms with Crippen LogP contribution in [0.1, 0.15) is 22.0 Å². The zero-order valence-electron chi connectivity index (χ0n) is 10.9. The van der Waals surface area contributed by atoms with Crippen molar-refractivity contribution in [1.82, 2.24) is 9.97 Å². The average molecular weight is 301 g/mol. The van der Waals surface area contributed by atoms with Crippen molar-refractivity contribution >= 4 is 17.2 Å². The maximum atomic E-state index is 8.97. The van der Waals surface area contributed by atoms with E-state index >= 15 is 0 Å². The molecule has 5 nitrogen and oxygen atoms in total. The van der Waals surface area contributed by atoms with E-state index in [1.165, 1.54) is 4.88 Å². The van der Waals surface area contributed by atoms with E-state index in [9.17, 15) is 0 Å². The van der Waals surface area contributed by atoms with Gasteiger partial charge in [0.2, 0.25) is 5.51 Å². The van der Waals surface area contributed by atoms with E-state index in [-0.39, 0.29) is 19.0 Å². The van der Waals surface area contributed by atoms with Crippen LogP contribution in [0.3, 0.4) is 0 Å². The number of nitrogens with zero attached hydrogens (tertiary/aromatic N) is 3. The third-order valence-corrected chi connectivity index (χ3v) is 3.96. The van der Waals surface area contributed by atoms with Crippen molar-refractivity contribution in [3.63, 3.8) is 0 Å². The first-order valence-corrected chi connectivity index (χ1v) is 6.65. The molecule has 0 atom stereocenters. The molecule has 0 fully saturated rings. The van der Waals surface area contributed by atoms with Gasteiger partial charge in [-0.05, 0) is 6.92 Å². The van der Waals surface area contributed by atoms with Crippen LogP contribution in [-0.4, -0.2) is 21.7 Å². The Bertz CT molecular complexity index is 559. The molecule has 2 aromatic heterocycles. The zero-order chi connectivity index (χ0) is 13.1. The lowest BCUT2D eigenvalue weighted by molar-refractivity contribution is -0.690. The van der Waals surface area contributed by atoms with Crippen molar-refractivity contribution in [1.29, 1.82) is 0 Å². The summed E-state index contributed by atoms with van der Waals surface area (Å²) < 4.78 is 2.09. The molecule has 7 heteroatoms. The molecule has 19 heavy (non-hydrogen) atoms. The molecule has 0 spiro atoms. The summed E-state index contributed by atoms with van der Waals surface area (Å²) >= 11 is 1.64. The van der Waals surface area contributed by atoms with Crippen LogP contribution in [-0.2, 0) is 13.0 Å². The number of thiazole rings is 1. The van der Waals surface area contributed by atoms with E-state index in [2.05, 4.69) is 14.5 Å². The van der Waals surface area contributed by atoms with Crippen LogP contribution in [0.25, 0.3) is 0 Å². The van der Waals surface area contributed by atoms with E-state index in [1.807, 2.05) is 19.4 Å². The van der Waals surface area contributed by atoms with Crippen molar-refractivity contribution in [3.8, 4) is 0 Å². The monoisotopic (exact) mass is 300 g/mol. The molecule has 2 aromatic rings. The standard InChI is InChI=1S/C12H17N4OS.ClH/c1-8-5-14-10(12(13)15-8)6-16-7-18-11(3-4-17)9(16)2;/h5,7,17H,3-4,6H2,1-2H3,(H2,13,15);1H/q+1;/p-1. The van der Waals surface area contributed by atoms with E-state index in [1.54, 1.807) is 17.5 Å². The maximum Gasteiger partial charge on any atom is 0.225 e. The van der Waals surface area contributed by atoms with Crippen LogP contribution in [0.5, 0.6) is 0 Å². The topological polar surface area (TPSA) is 75.9 Å². The summed E-state index contributed by atoms with van der Waals surface area (Å²) in [7, 11) is 0. The highest BCUT2D eigenvalue weighted by Gasteiger charge is 2.17. The minimum atomic E-state index is 0. The molecule has 0 unspecified atom stereocenters. The summed E-state index contributed by atoms with van der Waals surface area (Å²) in [6.07, 6.45) is 2.42. The van der Waals surface area contributed by atoms with Crippen LogP contribution in [0, 0.1) is 13.8 Å². The first kappa shape index (κ1) is 15.8. The third kappa shape index (κ3) is 3.62. The Balaban J connectivity index is 0.00000180. The summed E-state index contributed by atoms with van der Waals surface area (Å²) in [6, 6.07) is 0. The second kappa shape index (κ2) is 6.79. The number of hydrogen-bond acceptors (Lipinski definition) is 5. The first-order chi connectivity index (χ1) is 8.61. The molecule has 0 amide bonds. The number of nitrogens with two attached hydrogens (primary N) is 1. The number of rotatable bonds is 4. The lowest BCUT2D eigenvalue weighted by Gasteiger charge is -2.01. The van der Waals surface area contributed by atoms with Gasteiger partial charge in [0.25, 0.3) is 0 Å². The Morgan fingerprint density at radius 1 is 1.42 bits per heavy atom. The normalized spacial score (nSPS) is 10.3. The summed E-state index contributed by atoms with van der Waals surface area (Å²) in [5.41, 5.74) is 10.6. The predicted molar refractivity (Wildman–Crippen MR) is 70.3 cm³/mol. The molecule has 2 rings (SSSR count). The third-order valence-electron chi connectivity index (χ3n) is 2.82. The van der Waals surface area contributed by atoms with Gasteiger partial charge in [-0.3, -0.25) is 0 Å². The van der Waals surface area contributed by atoms with Crippen LogP contribution < -0.4 is 22.7 Å². The number of aliphatic hydroxyl groups is 1. The summed E-state index contributed by atoms with van der Waals surface area (Å²) in [5, 5.41) is 8.97. The molecule has 2 heterocycles. The average Bonchev–Trinajstić information content (AvgIpc) is 2.66. The van der Waals surface area contributed by atoms with Gasteiger partial charge in [-0.25, -0.2) is 9.97 Å². The fourth-order valence-corrected chi connectivity index (χ4v) is 2.74. The molecule has 0 aliphatic heterocycles. The fourth-order valence-electron chi connectivity index (χ4n) is 1.75. The summed E-state index contributed by atoms with van der Waals surface area (Å²) in [6.45, 7) is 4.70. The lowest BCUT2D eigenvalue weighted by atomic mass is 10.3. The van der Waals surface area contributed by atoms with E-state index in [4.69, 9.17) is 10.8 Å². The molecular weight excluding hydrogens is 284 g/mol. The summed E-state index contributed by atoms with van der Waals surface area (Å²) in [5.74, 6) is 0.483. The van der Waals surface area contributed by atoms with Crippen LogP contribution in [0.2, 0.25) is 0 Å². The van der Waals surface area contributed by atoms with Gasteiger partial charge < -0.3 is 23.2 Å². The largest absolute Gasteiger partial charge is 1.00 e. The van der Waals surface area contributed by atoms with Crippen LogP contribution in [0.4, 0.5) is 5.82 Å². The number of nitrogen functional groups attached to an aromatic ring is 1. The van der Waals surface area contributed by atoms with Gasteiger partial charge in [0.05, 0.1) is 10.6 Å². The van der Waals surface area contributed by atoms with E-state index in [0.717, 1.165) is 17.1 Å². The van der Waals surface area contributed by atoms with Gasteiger partial charge in [0, 0.05) is 26.1 Å². The number of aromatic nitrogens is 3. The second-order valence-corrected chi connectivity index (χ2v) is 5.12. The minimum absolute atomic E-state index is 0. The Kier molecular flexibility index (Phi) is 5.65. The van der Waals surface area contributed by atoms with E-state index in [0.29, 0.717) is 18.8 Å². The Labute approximate surface area is 122 Å². The van der Waals surface area contributed by atoms with Crippen molar-refractivity contribution in [3.05, 3.63) is 33.7 Å². The molecule has 0 aliphatic carbocycles. The first-order valence-electron chi connectivity index (χ1n) is 5.77. The predicted octanol–water partition coefficient (Wildman–Crippen LogP) is -2.39. The molecule has 104 valence electrons. The summed E-state index contributed by atoms with van der Waals surface area (Å²) in [4.78, 5) is 9.72. The smallest absolute Gasteiger partial charge is 0.225 e. The van der Waals surface area contributed by atoms with Gasteiger partial charge in [0.15, 0.2) is 18.1 Å². The minimum Gasteiger partial charge on any atom is -1.00 e. The molecule has 0 aliphatic rings. The Morgan fingerprint density at radius 2 is 2.16 bits per heavy atom. The highest BCUT2D eigenvalue weighted by molar-refractivity contribution is 7.09. The molecule has 0 saturated carbocycles. The van der Waals surface area contributed by atoms with Gasteiger partial charge in [0.1, 0.15) is 5.69 Å². The van der Waals surface area contributed by atoms with Gasteiger partial charge >= 0.3 is 0 Å². The number of hydrogen-bond donors (Lipinski definition) is 2. The molecule has 0 bridgehead atoms. The Morgan fingerprint density at radius 3 is 2.79 bits per heavy atom. The number of aryl methyl sites for hydroxylation is 1. The zero-order valence-corrected chi connectivity index (χ0v) is 12.5. The van der Waals surface area contributed by atoms with Gasteiger partial charge in [-0.15, -0.1) is 0 Å². The lowest BCUT2D eigenvalue weighted by Crippen LogP contribution is -3.00. The quantitative estimate of drug-likeness (QED) is 0.618. The fraction of sp³-hybridized carbons (Fsp3) is 0.417. The van der Waals surface area contributed by atoms with Crippen LogP contribution >= 0.6 is 11.3 Å². The highest BCUT2D eigenvalue weighted by atomic mass is 35.5. The molecule has 0 aromatic carbocycles. The van der Waals surface area contributed by atoms with Crippen LogP contribution in [0.15, 0.2) is 11.7 Å². The van der Waals surface area contributed by atoms with Crippen molar-refractivity contribution in [2.24, 2.45) is 0 Å². The number of aliphatic hydroxyl groups excluding tert-OH is 1. The number of halogens is 1. The molecule has 0 saturated heterocycles. The maximum absolute atomic E-state index is 8.97.